The number of halogens is 2. The lowest BCUT2D eigenvalue weighted by Crippen LogP contribution is -2.46. The number of carbonyl (C=O) groups excluding carboxylic acids is 1. The SMILES string of the molecule is CC(C)N(C(=O)N1C=NN(c2ccccc2Cl)C1)c1ccc(F)cc1. The van der Waals surface area contributed by atoms with E-state index in [2.05, 4.69) is 5.10 Å². The third-order valence-corrected chi connectivity index (χ3v) is 4.14. The summed E-state index contributed by atoms with van der Waals surface area (Å²) < 4.78 is 13.2. The van der Waals surface area contributed by atoms with E-state index in [1.165, 1.54) is 23.4 Å². The Kier molecular flexibility index (Phi) is 4.90. The zero-order valence-corrected chi connectivity index (χ0v) is 14.7. The molecule has 1 aliphatic rings. The van der Waals surface area contributed by atoms with Crippen molar-refractivity contribution in [2.45, 2.75) is 19.9 Å². The molecule has 1 heterocycles. The predicted octanol–water partition coefficient (Wildman–Crippen LogP) is 4.54. The van der Waals surface area contributed by atoms with E-state index < -0.39 is 0 Å². The highest BCUT2D eigenvalue weighted by Gasteiger charge is 2.29. The van der Waals surface area contributed by atoms with Gasteiger partial charge in [0.15, 0.2) is 0 Å². The van der Waals surface area contributed by atoms with Crippen molar-refractivity contribution < 1.29 is 9.18 Å². The standard InChI is InChI=1S/C18H18ClFN4O/c1-13(2)24(15-9-7-14(20)8-10-15)18(25)22-11-21-23(12-22)17-6-4-3-5-16(17)19/h3-11,13H,12H2,1-2H3. The summed E-state index contributed by atoms with van der Waals surface area (Å²) in [4.78, 5) is 16.0. The van der Waals surface area contributed by atoms with Crippen LogP contribution in [0.2, 0.25) is 5.02 Å². The molecule has 0 saturated heterocycles. The van der Waals surface area contributed by atoms with E-state index in [1.807, 2.05) is 32.0 Å². The van der Waals surface area contributed by atoms with Gasteiger partial charge in [-0.1, -0.05) is 23.7 Å². The number of nitrogens with zero attached hydrogens (tertiary/aromatic N) is 4. The Hall–Kier alpha value is -2.60. The molecule has 7 heteroatoms. The molecule has 2 amide bonds. The maximum Gasteiger partial charge on any atom is 0.331 e. The quantitative estimate of drug-likeness (QED) is 0.806. The summed E-state index contributed by atoms with van der Waals surface area (Å²) in [6.07, 6.45) is 1.48. The van der Waals surface area contributed by atoms with Crippen LogP contribution in [0, 0.1) is 5.82 Å². The zero-order chi connectivity index (χ0) is 18.0. The van der Waals surface area contributed by atoms with Crippen LogP contribution in [-0.4, -0.2) is 30.0 Å². The second-order valence-electron chi connectivity index (χ2n) is 5.92. The van der Waals surface area contributed by atoms with Gasteiger partial charge in [-0.3, -0.25) is 9.80 Å². The number of amides is 2. The Morgan fingerprint density at radius 3 is 2.52 bits per heavy atom. The number of para-hydroxylation sites is 1. The summed E-state index contributed by atoms with van der Waals surface area (Å²) in [6.45, 7) is 4.06. The van der Waals surface area contributed by atoms with Crippen LogP contribution in [0.15, 0.2) is 53.6 Å². The minimum atomic E-state index is -0.340. The second-order valence-corrected chi connectivity index (χ2v) is 6.32. The Morgan fingerprint density at radius 2 is 1.88 bits per heavy atom. The van der Waals surface area contributed by atoms with Crippen molar-refractivity contribution in [3.63, 3.8) is 0 Å². The first-order chi connectivity index (χ1) is 12.0. The number of hydrazone groups is 1. The number of anilines is 2. The van der Waals surface area contributed by atoms with Gasteiger partial charge in [-0.2, -0.15) is 5.10 Å². The van der Waals surface area contributed by atoms with Crippen LogP contribution in [-0.2, 0) is 0 Å². The molecule has 0 atom stereocenters. The minimum Gasteiger partial charge on any atom is -0.291 e. The molecule has 1 aliphatic heterocycles. The van der Waals surface area contributed by atoms with Crippen molar-refractivity contribution in [2.75, 3.05) is 16.6 Å². The molecule has 130 valence electrons. The van der Waals surface area contributed by atoms with Gasteiger partial charge in [0.05, 0.1) is 10.7 Å². The third-order valence-electron chi connectivity index (χ3n) is 3.82. The highest BCUT2D eigenvalue weighted by molar-refractivity contribution is 6.33. The average molecular weight is 361 g/mol. The van der Waals surface area contributed by atoms with Crippen molar-refractivity contribution in [3.8, 4) is 0 Å². The van der Waals surface area contributed by atoms with Gasteiger partial charge in [-0.05, 0) is 50.2 Å². The molecule has 2 aromatic carbocycles. The van der Waals surface area contributed by atoms with Crippen LogP contribution in [0.3, 0.4) is 0 Å². The summed E-state index contributed by atoms with van der Waals surface area (Å²) in [5, 5.41) is 6.48. The van der Waals surface area contributed by atoms with Gasteiger partial charge in [-0.15, -0.1) is 0 Å². The Balaban J connectivity index is 1.79. The molecule has 0 aliphatic carbocycles. The van der Waals surface area contributed by atoms with Gasteiger partial charge in [0, 0.05) is 11.7 Å². The summed E-state index contributed by atoms with van der Waals surface area (Å²) in [5.74, 6) is -0.340. The van der Waals surface area contributed by atoms with E-state index in [9.17, 15) is 9.18 Å². The van der Waals surface area contributed by atoms with E-state index in [-0.39, 0.29) is 24.6 Å². The maximum atomic E-state index is 13.2. The lowest BCUT2D eigenvalue weighted by Gasteiger charge is -2.30. The molecule has 0 saturated carbocycles. The van der Waals surface area contributed by atoms with Gasteiger partial charge >= 0.3 is 6.03 Å². The van der Waals surface area contributed by atoms with Crippen LogP contribution in [0.4, 0.5) is 20.6 Å². The van der Waals surface area contributed by atoms with Crippen molar-refractivity contribution in [2.24, 2.45) is 5.10 Å². The molecule has 5 nitrogen and oxygen atoms in total. The van der Waals surface area contributed by atoms with E-state index in [0.717, 1.165) is 5.69 Å². The molecule has 3 rings (SSSR count). The molecule has 0 aromatic heterocycles. The predicted molar refractivity (Wildman–Crippen MR) is 98.5 cm³/mol. The zero-order valence-electron chi connectivity index (χ0n) is 13.9. The van der Waals surface area contributed by atoms with Gasteiger partial charge in [-0.25, -0.2) is 14.2 Å². The molecule has 0 fully saturated rings. The van der Waals surface area contributed by atoms with Gasteiger partial charge in [0.25, 0.3) is 0 Å². The highest BCUT2D eigenvalue weighted by atomic mass is 35.5. The normalized spacial score (nSPS) is 13.6. The number of benzene rings is 2. The largest absolute Gasteiger partial charge is 0.331 e. The summed E-state index contributed by atoms with van der Waals surface area (Å²) in [6, 6.07) is 12.8. The first kappa shape index (κ1) is 17.2. The number of rotatable bonds is 3. The van der Waals surface area contributed by atoms with E-state index >= 15 is 0 Å². The fraction of sp³-hybridized carbons (Fsp3) is 0.222. The van der Waals surface area contributed by atoms with Crippen molar-refractivity contribution >= 4 is 35.3 Å². The molecule has 0 bridgehead atoms. The molecular formula is C18H18ClFN4O. The summed E-state index contributed by atoms with van der Waals surface area (Å²) in [5.41, 5.74) is 1.36. The van der Waals surface area contributed by atoms with Crippen LogP contribution in [0.1, 0.15) is 13.8 Å². The molecule has 0 unspecified atom stereocenters. The number of hydrogen-bond donors (Lipinski definition) is 0. The monoisotopic (exact) mass is 360 g/mol. The summed E-state index contributed by atoms with van der Waals surface area (Å²) >= 11 is 6.19. The number of urea groups is 1. The molecule has 0 spiro atoms. The number of hydrogen-bond acceptors (Lipinski definition) is 3. The van der Waals surface area contributed by atoms with E-state index in [0.29, 0.717) is 10.7 Å². The molecule has 2 aromatic rings. The van der Waals surface area contributed by atoms with Crippen LogP contribution < -0.4 is 9.91 Å². The Bertz CT molecular complexity index is 794. The highest BCUT2D eigenvalue weighted by Crippen LogP contribution is 2.28. The van der Waals surface area contributed by atoms with Crippen LogP contribution in [0.5, 0.6) is 0 Å². The van der Waals surface area contributed by atoms with Gasteiger partial charge in [0.1, 0.15) is 18.8 Å². The second kappa shape index (κ2) is 7.11. The fourth-order valence-corrected chi connectivity index (χ4v) is 2.85. The molecule has 0 radical (unpaired) electrons. The fourth-order valence-electron chi connectivity index (χ4n) is 2.62. The topological polar surface area (TPSA) is 39.2 Å². The van der Waals surface area contributed by atoms with Gasteiger partial charge < -0.3 is 0 Å². The van der Waals surface area contributed by atoms with E-state index in [4.69, 9.17) is 11.6 Å². The molecule has 0 N–H and O–H groups in total. The van der Waals surface area contributed by atoms with Crippen molar-refractivity contribution in [1.82, 2.24) is 4.90 Å². The lowest BCUT2D eigenvalue weighted by atomic mass is 10.2. The van der Waals surface area contributed by atoms with Crippen molar-refractivity contribution in [3.05, 3.63) is 59.4 Å². The van der Waals surface area contributed by atoms with E-state index in [1.54, 1.807) is 28.1 Å². The average Bonchev–Trinajstić information content (AvgIpc) is 3.07. The van der Waals surface area contributed by atoms with Crippen LogP contribution >= 0.6 is 11.6 Å². The minimum absolute atomic E-state index is 0.0966. The maximum absolute atomic E-state index is 13.2. The first-order valence-electron chi connectivity index (χ1n) is 7.89. The first-order valence-corrected chi connectivity index (χ1v) is 8.26. The molecular weight excluding hydrogens is 343 g/mol. The Morgan fingerprint density at radius 1 is 1.20 bits per heavy atom. The van der Waals surface area contributed by atoms with Gasteiger partial charge in [0.2, 0.25) is 0 Å². The van der Waals surface area contributed by atoms with Crippen LogP contribution in [0.25, 0.3) is 0 Å². The lowest BCUT2D eigenvalue weighted by molar-refractivity contribution is 0.228. The number of carbonyl (C=O) groups is 1. The smallest absolute Gasteiger partial charge is 0.291 e. The summed E-state index contributed by atoms with van der Waals surface area (Å²) in [7, 11) is 0. The molecule has 25 heavy (non-hydrogen) atoms. The Labute approximate surface area is 150 Å². The third kappa shape index (κ3) is 3.58. The van der Waals surface area contributed by atoms with Crippen molar-refractivity contribution in [1.29, 1.82) is 0 Å².